The summed E-state index contributed by atoms with van der Waals surface area (Å²) in [5.74, 6) is 0.770. The molecule has 0 spiro atoms. The predicted molar refractivity (Wildman–Crippen MR) is 305 cm³/mol. The molecule has 0 aliphatic carbocycles. The molecular weight excluding hydrogens is 1140 g/mol. The molecule has 22 nitrogen and oxygen atoms in total. The summed E-state index contributed by atoms with van der Waals surface area (Å²) in [5.41, 5.74) is 3.64. The summed E-state index contributed by atoms with van der Waals surface area (Å²) in [5, 5.41) is 12.5. The lowest BCUT2D eigenvalue weighted by atomic mass is 10.0. The first-order valence-electron chi connectivity index (χ1n) is 27.1. The van der Waals surface area contributed by atoms with Crippen molar-refractivity contribution in [1.29, 1.82) is 0 Å². The third kappa shape index (κ3) is 13.1. The molecule has 12 rings (SSSR count). The average molecular weight is 1200 g/mol. The molecule has 0 radical (unpaired) electrons. The normalized spacial score (nSPS) is 16.1. The van der Waals surface area contributed by atoms with Gasteiger partial charge in [-0.05, 0) is 104 Å². The maximum atomic E-state index is 15.2. The van der Waals surface area contributed by atoms with Gasteiger partial charge in [0.15, 0.2) is 0 Å². The number of carbonyl (C=O) groups excluding carboxylic acids is 2. The number of rotatable bonds is 11. The zero-order valence-electron chi connectivity index (χ0n) is 46.7. The van der Waals surface area contributed by atoms with Crippen LogP contribution in [0.3, 0.4) is 0 Å². The Kier molecular flexibility index (Phi) is 17.0. The fourth-order valence-corrected chi connectivity index (χ4v) is 10.4. The van der Waals surface area contributed by atoms with Gasteiger partial charge in [0.25, 0.3) is 11.6 Å². The molecule has 0 bridgehead atoms. The van der Waals surface area contributed by atoms with Crippen LogP contribution in [0.1, 0.15) is 89.5 Å². The Labute approximate surface area is 485 Å². The molecule has 2 atom stereocenters. The lowest BCUT2D eigenvalue weighted by Crippen LogP contribution is -2.38. The molecule has 2 unspecified atom stereocenters. The molecule has 0 saturated carbocycles. The molecule has 25 heteroatoms. The van der Waals surface area contributed by atoms with Crippen LogP contribution in [0, 0.1) is 24.8 Å². The van der Waals surface area contributed by atoms with Gasteiger partial charge in [0.1, 0.15) is 34.3 Å². The van der Waals surface area contributed by atoms with Crippen molar-refractivity contribution in [1.82, 2.24) is 48.7 Å². The summed E-state index contributed by atoms with van der Waals surface area (Å²) in [6.07, 6.45) is 14.3. The highest BCUT2D eigenvalue weighted by Crippen LogP contribution is 2.37. The van der Waals surface area contributed by atoms with Gasteiger partial charge in [0.2, 0.25) is 23.2 Å². The maximum Gasteiger partial charge on any atom is 0.417 e. The molecule has 2 aromatic carbocycles. The lowest BCUT2D eigenvalue weighted by Gasteiger charge is -2.27. The molecule has 2 fully saturated rings. The van der Waals surface area contributed by atoms with Gasteiger partial charge in [-0.1, -0.05) is 39.0 Å². The van der Waals surface area contributed by atoms with Crippen LogP contribution in [0.15, 0.2) is 73.6 Å². The van der Waals surface area contributed by atoms with Crippen LogP contribution in [0.25, 0.3) is 43.5 Å². The third-order valence-corrected chi connectivity index (χ3v) is 14.4. The zero-order valence-corrected chi connectivity index (χ0v) is 48.3. The van der Waals surface area contributed by atoms with Gasteiger partial charge in [-0.3, -0.25) is 18.6 Å². The smallest absolute Gasteiger partial charge is 0.417 e. The second-order valence-corrected chi connectivity index (χ2v) is 22.6. The Morgan fingerprint density at radius 2 is 1.25 bits per heavy atom. The van der Waals surface area contributed by atoms with Crippen LogP contribution >= 0.6 is 15.9 Å². The fourth-order valence-electron chi connectivity index (χ4n) is 9.92. The number of aromatic nitrogens is 10. The second kappa shape index (κ2) is 24.5. The summed E-state index contributed by atoms with van der Waals surface area (Å²) in [6, 6.07) is 9.45. The van der Waals surface area contributed by atoms with Gasteiger partial charge in [0, 0.05) is 90.8 Å². The quantitative estimate of drug-likeness (QED) is 0.0943. The van der Waals surface area contributed by atoms with Crippen molar-refractivity contribution in [2.75, 3.05) is 41.6 Å². The number of benzene rings is 2. The van der Waals surface area contributed by atoms with Gasteiger partial charge in [0.05, 0.1) is 67.6 Å². The first-order valence-corrected chi connectivity index (χ1v) is 28.2. The Balaban J connectivity index is 0.000000167. The third-order valence-electron chi connectivity index (χ3n) is 13.7. The average Bonchev–Trinajstić information content (AvgIpc) is 3.55. The fraction of sp³-hybridized carbons (Fsp3) is 0.414. The number of nitrogens with one attached hydrogen (secondary N) is 1. The molecule has 432 valence electrons. The minimum absolute atomic E-state index is 0.114. The number of nitrogens with zero attached hydrogens (tertiary/aromatic N) is 13. The van der Waals surface area contributed by atoms with E-state index in [1.807, 2.05) is 16.9 Å². The van der Waals surface area contributed by atoms with Gasteiger partial charge in [-0.2, -0.15) is 10.2 Å². The van der Waals surface area contributed by atoms with E-state index in [1.54, 1.807) is 76.5 Å². The molecule has 10 heterocycles. The SMILES string of the molecule is BrCC1CCCO1.[C-]#[N+]c1cn2c(N(Cc3c(F)ccc4c3CCO4)C(=O)OC(C)(C)C)ncc(-c3ccn(CC4CCCO4)n3)c2n1.[C-]#[N+]c1cn2c(N(Cc3c(F)ccc4c3CCO4)C(=O)OC(C)(C)C)ncc(-c3ccn[nH]3)c2n1. The minimum Gasteiger partial charge on any atom is -0.493 e. The summed E-state index contributed by atoms with van der Waals surface area (Å²) in [6.45, 7) is 28.4. The van der Waals surface area contributed by atoms with Crippen molar-refractivity contribution < 1.29 is 46.8 Å². The molecule has 4 aliphatic heterocycles. The van der Waals surface area contributed by atoms with E-state index in [0.29, 0.717) is 106 Å². The summed E-state index contributed by atoms with van der Waals surface area (Å²) in [4.78, 5) is 54.5. The Bertz CT molecular complexity index is 3750. The summed E-state index contributed by atoms with van der Waals surface area (Å²) in [7, 11) is 0. The van der Waals surface area contributed by atoms with Crippen LogP contribution in [0.5, 0.6) is 11.5 Å². The lowest BCUT2D eigenvalue weighted by molar-refractivity contribution is 0.0563. The van der Waals surface area contributed by atoms with Gasteiger partial charge in [-0.15, -0.1) is 0 Å². The molecule has 2 saturated heterocycles. The number of ether oxygens (including phenoxy) is 6. The highest BCUT2D eigenvalue weighted by molar-refractivity contribution is 9.09. The number of imidazole rings is 2. The number of aromatic amines is 1. The van der Waals surface area contributed by atoms with E-state index < -0.39 is 35.0 Å². The monoisotopic (exact) mass is 1200 g/mol. The second-order valence-electron chi connectivity index (χ2n) is 21.9. The van der Waals surface area contributed by atoms with Crippen LogP contribution in [0.2, 0.25) is 0 Å². The largest absolute Gasteiger partial charge is 0.493 e. The van der Waals surface area contributed by atoms with Crippen molar-refractivity contribution in [2.24, 2.45) is 0 Å². The topological polar surface area (TPSA) is 212 Å². The van der Waals surface area contributed by atoms with Crippen molar-refractivity contribution in [3.05, 3.63) is 130 Å². The minimum atomic E-state index is -0.818. The van der Waals surface area contributed by atoms with Crippen molar-refractivity contribution in [3.63, 3.8) is 0 Å². The Hall–Kier alpha value is -8.52. The van der Waals surface area contributed by atoms with E-state index >= 15 is 8.78 Å². The number of hydrogen-bond acceptors (Lipinski definition) is 14. The van der Waals surface area contributed by atoms with Gasteiger partial charge >= 0.3 is 12.2 Å². The molecule has 6 aromatic heterocycles. The molecule has 1 N–H and O–H groups in total. The Morgan fingerprint density at radius 3 is 1.71 bits per heavy atom. The summed E-state index contributed by atoms with van der Waals surface area (Å²) < 4.78 is 68.7. The molecular formula is C58H61BrF2N14O8. The first-order chi connectivity index (χ1) is 39.9. The standard InChI is InChI=1S/C29H30FN7O4.C24H22FN7O3.C5H9BrO/c1-29(2,3)41-28(38)37(16-21-19-10-13-40-24(19)8-7-22(21)30)27-32-14-20(26-33-25(31-4)17-36(26)27)23-9-11-35(34-23)15-18-6-5-12-39-18;1-24(2,3)35-23(33)32(12-16-14-8-10-34-19(14)6-5-17(16)25)22-27-11-15(18-7-9-28-30-18)21-29-20(26-4)13-31(21)22;6-4-5-2-1-3-7-5/h7-9,11,14,17-18H,5-6,10,12-13,15-16H2,1-3H3;5-7,9,11,13H,8,10,12H2,1-3H3,(H,28,30);5H,1-4H2. The van der Waals surface area contributed by atoms with Crippen LogP contribution in [-0.2, 0) is 51.4 Å². The van der Waals surface area contributed by atoms with Crippen molar-refractivity contribution >= 4 is 62.9 Å². The zero-order chi connectivity index (χ0) is 58.6. The van der Waals surface area contributed by atoms with E-state index in [2.05, 4.69) is 55.8 Å². The van der Waals surface area contributed by atoms with Crippen LogP contribution in [-0.4, -0.2) is 116 Å². The molecule has 83 heavy (non-hydrogen) atoms. The Morgan fingerprint density at radius 1 is 0.735 bits per heavy atom. The number of hydrogen-bond donors (Lipinski definition) is 1. The molecule has 4 aliphatic rings. The van der Waals surface area contributed by atoms with E-state index in [1.165, 1.54) is 57.8 Å². The van der Waals surface area contributed by atoms with E-state index in [4.69, 9.17) is 46.7 Å². The van der Waals surface area contributed by atoms with Crippen LogP contribution in [0.4, 0.5) is 41.9 Å². The first kappa shape index (κ1) is 57.7. The number of amides is 2. The molecule has 8 aromatic rings. The highest BCUT2D eigenvalue weighted by atomic mass is 79.9. The number of H-pyrrole nitrogens is 1. The predicted octanol–water partition coefficient (Wildman–Crippen LogP) is 11.6. The summed E-state index contributed by atoms with van der Waals surface area (Å²) >= 11 is 3.35. The maximum absolute atomic E-state index is 15.2. The van der Waals surface area contributed by atoms with E-state index in [0.717, 1.165) is 31.4 Å². The van der Waals surface area contributed by atoms with E-state index in [9.17, 15) is 9.59 Å². The van der Waals surface area contributed by atoms with Crippen LogP contribution < -0.4 is 19.3 Å². The number of anilines is 2. The number of halogens is 3. The van der Waals surface area contributed by atoms with E-state index in [-0.39, 0.29) is 42.7 Å². The number of alkyl halides is 1. The van der Waals surface area contributed by atoms with Gasteiger partial charge in [-0.25, -0.2) is 38.1 Å². The number of carbonyl (C=O) groups is 2. The van der Waals surface area contributed by atoms with Gasteiger partial charge < -0.3 is 38.1 Å². The molecule has 2 amide bonds. The van der Waals surface area contributed by atoms with Crippen molar-refractivity contribution in [2.45, 2.75) is 123 Å². The van der Waals surface area contributed by atoms with Crippen molar-refractivity contribution in [3.8, 4) is 34.0 Å². The highest BCUT2D eigenvalue weighted by Gasteiger charge is 2.34. The number of fused-ring (bicyclic) bond motifs is 4.